The molecule has 204 valence electrons. The SMILES string of the molecule is CN(C(=O)C1CCS(=O)(=O)CC1)[C@@H](c1ccc([C@@H]2CC(C)(C)c3c2cnc2cc(F)nn32)nc1)C(F)(F)F. The quantitative estimate of drug-likeness (QED) is 0.454. The van der Waals surface area contributed by atoms with Gasteiger partial charge in [0.2, 0.25) is 11.9 Å². The lowest BCUT2D eigenvalue weighted by atomic mass is 9.88. The molecule has 0 saturated carbocycles. The Bertz CT molecular complexity index is 1490. The van der Waals surface area contributed by atoms with Gasteiger partial charge < -0.3 is 4.90 Å². The number of amides is 1. The Labute approximate surface area is 217 Å². The highest BCUT2D eigenvalue weighted by atomic mass is 32.2. The van der Waals surface area contributed by atoms with Crippen LogP contribution in [0.3, 0.4) is 0 Å². The number of pyridine rings is 1. The number of hydrogen-bond acceptors (Lipinski definition) is 6. The Morgan fingerprint density at radius 2 is 1.84 bits per heavy atom. The molecule has 3 aromatic heterocycles. The average Bonchev–Trinajstić information content (AvgIpc) is 3.33. The van der Waals surface area contributed by atoms with Crippen molar-refractivity contribution in [1.82, 2.24) is 24.5 Å². The van der Waals surface area contributed by atoms with Crippen LogP contribution in [0.4, 0.5) is 17.6 Å². The lowest BCUT2D eigenvalue weighted by molar-refractivity contribution is -0.190. The summed E-state index contributed by atoms with van der Waals surface area (Å²) >= 11 is 0. The van der Waals surface area contributed by atoms with E-state index < -0.39 is 45.2 Å². The molecule has 1 aliphatic carbocycles. The van der Waals surface area contributed by atoms with Gasteiger partial charge in [-0.1, -0.05) is 19.9 Å². The van der Waals surface area contributed by atoms with E-state index in [0.29, 0.717) is 22.7 Å². The third-order valence-electron chi connectivity index (χ3n) is 7.64. The number of sulfone groups is 1. The molecule has 2 atom stereocenters. The van der Waals surface area contributed by atoms with Crippen LogP contribution >= 0.6 is 0 Å². The van der Waals surface area contributed by atoms with E-state index in [-0.39, 0.29) is 35.8 Å². The molecule has 0 N–H and O–H groups in total. The summed E-state index contributed by atoms with van der Waals surface area (Å²) in [4.78, 5) is 22.2. The summed E-state index contributed by atoms with van der Waals surface area (Å²) in [6.45, 7) is 3.96. The minimum Gasteiger partial charge on any atom is -0.330 e. The van der Waals surface area contributed by atoms with E-state index in [9.17, 15) is 30.8 Å². The van der Waals surface area contributed by atoms with Gasteiger partial charge in [0.15, 0.2) is 11.7 Å². The van der Waals surface area contributed by atoms with Crippen molar-refractivity contribution < 1.29 is 30.8 Å². The molecule has 0 unspecified atom stereocenters. The standard InChI is InChI=1S/C25H27F4N5O3S/c1-24(2)11-16(17-13-31-20-10-19(26)32-34(20)22(17)24)18-5-4-15(12-30-18)21(25(27,28)29)33(3)23(35)14-6-8-38(36,37)9-7-14/h4-5,10,12-14,16,21H,6-9,11H2,1-3H3/t16-,21+/m1/s1. The fourth-order valence-electron chi connectivity index (χ4n) is 5.80. The van der Waals surface area contributed by atoms with E-state index in [1.165, 1.54) is 22.7 Å². The second kappa shape index (κ2) is 8.99. The molecule has 5 rings (SSSR count). The zero-order valence-corrected chi connectivity index (χ0v) is 21.9. The Balaban J connectivity index is 1.44. The molecule has 0 spiro atoms. The lowest BCUT2D eigenvalue weighted by Crippen LogP contribution is -2.44. The normalized spacial score (nSPS) is 21.8. The van der Waals surface area contributed by atoms with Crippen LogP contribution < -0.4 is 0 Å². The molecule has 0 bridgehead atoms. The minimum absolute atomic E-state index is 0.00556. The molecule has 38 heavy (non-hydrogen) atoms. The fourth-order valence-corrected chi connectivity index (χ4v) is 7.29. The van der Waals surface area contributed by atoms with Gasteiger partial charge in [-0.3, -0.25) is 9.78 Å². The molecule has 1 amide bonds. The monoisotopic (exact) mass is 553 g/mol. The van der Waals surface area contributed by atoms with Crippen molar-refractivity contribution in [2.24, 2.45) is 5.92 Å². The van der Waals surface area contributed by atoms with Crippen LogP contribution in [-0.2, 0) is 20.0 Å². The van der Waals surface area contributed by atoms with Crippen molar-refractivity contribution in [3.8, 4) is 0 Å². The van der Waals surface area contributed by atoms with Crippen molar-refractivity contribution in [3.63, 3.8) is 0 Å². The predicted octanol–water partition coefficient (Wildman–Crippen LogP) is 3.96. The van der Waals surface area contributed by atoms with E-state index in [2.05, 4.69) is 15.1 Å². The first-order valence-corrected chi connectivity index (χ1v) is 14.0. The number of nitrogens with zero attached hydrogens (tertiary/aromatic N) is 5. The van der Waals surface area contributed by atoms with E-state index in [0.717, 1.165) is 24.5 Å². The second-order valence-corrected chi connectivity index (χ2v) is 13.1. The van der Waals surface area contributed by atoms with Crippen LogP contribution in [0.2, 0.25) is 0 Å². The van der Waals surface area contributed by atoms with Gasteiger partial charge in [-0.05, 0) is 25.3 Å². The molecule has 8 nitrogen and oxygen atoms in total. The predicted molar refractivity (Wildman–Crippen MR) is 130 cm³/mol. The van der Waals surface area contributed by atoms with Crippen molar-refractivity contribution in [3.05, 3.63) is 59.1 Å². The summed E-state index contributed by atoms with van der Waals surface area (Å²) in [5, 5.41) is 3.93. The van der Waals surface area contributed by atoms with E-state index in [4.69, 9.17) is 0 Å². The van der Waals surface area contributed by atoms with Gasteiger partial charge in [-0.15, -0.1) is 5.10 Å². The largest absolute Gasteiger partial charge is 0.413 e. The summed E-state index contributed by atoms with van der Waals surface area (Å²) in [6.07, 6.45) is -1.42. The van der Waals surface area contributed by atoms with Crippen molar-refractivity contribution in [1.29, 1.82) is 0 Å². The zero-order chi connectivity index (χ0) is 27.6. The van der Waals surface area contributed by atoms with Crippen molar-refractivity contribution in [2.75, 3.05) is 18.6 Å². The summed E-state index contributed by atoms with van der Waals surface area (Å²) < 4.78 is 81.2. The second-order valence-electron chi connectivity index (χ2n) is 10.8. The number of hydrogen-bond donors (Lipinski definition) is 0. The smallest absolute Gasteiger partial charge is 0.330 e. The highest BCUT2D eigenvalue weighted by molar-refractivity contribution is 7.91. The number of carbonyl (C=O) groups excluding carboxylic acids is 1. The van der Waals surface area contributed by atoms with Gasteiger partial charge >= 0.3 is 6.18 Å². The molecule has 13 heteroatoms. The average molecular weight is 554 g/mol. The molecule has 4 heterocycles. The topological polar surface area (TPSA) is 97.5 Å². The maximum Gasteiger partial charge on any atom is 0.413 e. The molecule has 1 fully saturated rings. The van der Waals surface area contributed by atoms with Gasteiger partial charge in [-0.2, -0.15) is 17.6 Å². The van der Waals surface area contributed by atoms with Crippen molar-refractivity contribution in [2.45, 2.75) is 56.7 Å². The van der Waals surface area contributed by atoms with Crippen LogP contribution in [0.1, 0.15) is 67.6 Å². The molecule has 1 saturated heterocycles. The van der Waals surface area contributed by atoms with Crippen LogP contribution in [0.5, 0.6) is 0 Å². The fraction of sp³-hybridized carbons (Fsp3) is 0.520. The Kier molecular flexibility index (Phi) is 6.27. The molecule has 0 radical (unpaired) electrons. The Morgan fingerprint density at radius 1 is 1.16 bits per heavy atom. The van der Waals surface area contributed by atoms with E-state index in [1.807, 2.05) is 13.8 Å². The molecule has 1 aliphatic heterocycles. The first-order chi connectivity index (χ1) is 17.7. The molecule has 0 aromatic carbocycles. The number of fused-ring (bicyclic) bond motifs is 3. The summed E-state index contributed by atoms with van der Waals surface area (Å²) in [5.41, 5.74) is 1.83. The minimum atomic E-state index is -4.77. The van der Waals surface area contributed by atoms with Crippen LogP contribution in [-0.4, -0.2) is 63.5 Å². The first-order valence-electron chi connectivity index (χ1n) is 12.2. The first kappa shape index (κ1) is 26.5. The van der Waals surface area contributed by atoms with Gasteiger partial charge in [0.25, 0.3) is 0 Å². The number of halogens is 4. The maximum absolute atomic E-state index is 14.2. The molecule has 2 aliphatic rings. The maximum atomic E-state index is 14.2. The lowest BCUT2D eigenvalue weighted by Gasteiger charge is -2.34. The number of aromatic nitrogens is 4. The Morgan fingerprint density at radius 3 is 2.45 bits per heavy atom. The third-order valence-corrected chi connectivity index (χ3v) is 9.36. The van der Waals surface area contributed by atoms with Gasteiger partial charge in [-0.25, -0.2) is 17.9 Å². The number of carbonyl (C=O) groups is 1. The van der Waals surface area contributed by atoms with Crippen LogP contribution in [0.25, 0.3) is 5.65 Å². The highest BCUT2D eigenvalue weighted by Crippen LogP contribution is 2.48. The summed E-state index contributed by atoms with van der Waals surface area (Å²) in [6, 6.07) is 1.84. The highest BCUT2D eigenvalue weighted by Gasteiger charge is 2.47. The molecular weight excluding hydrogens is 526 g/mol. The Hall–Kier alpha value is -3.09. The number of alkyl halides is 3. The van der Waals surface area contributed by atoms with E-state index in [1.54, 1.807) is 6.20 Å². The summed E-state index contributed by atoms with van der Waals surface area (Å²) in [7, 11) is -2.17. The van der Waals surface area contributed by atoms with Gasteiger partial charge in [0.1, 0.15) is 9.84 Å². The van der Waals surface area contributed by atoms with Crippen LogP contribution in [0.15, 0.2) is 30.6 Å². The molecular formula is C25H27F4N5O3S. The summed E-state index contributed by atoms with van der Waals surface area (Å²) in [5.74, 6) is -2.88. The number of rotatable bonds is 4. The van der Waals surface area contributed by atoms with Crippen LogP contribution in [0, 0.1) is 11.9 Å². The third kappa shape index (κ3) is 4.65. The zero-order valence-electron chi connectivity index (χ0n) is 21.0. The molecule has 3 aromatic rings. The van der Waals surface area contributed by atoms with E-state index >= 15 is 0 Å². The van der Waals surface area contributed by atoms with Crippen molar-refractivity contribution >= 4 is 21.4 Å². The van der Waals surface area contributed by atoms with Gasteiger partial charge in [0, 0.05) is 59.6 Å². The van der Waals surface area contributed by atoms with Gasteiger partial charge in [0.05, 0.1) is 17.2 Å².